The molecule has 0 radical (unpaired) electrons. The summed E-state index contributed by atoms with van der Waals surface area (Å²) in [7, 11) is 1.62. The lowest BCUT2D eigenvalue weighted by Crippen LogP contribution is -2.15. The molecular weight excluding hydrogens is 230 g/mol. The number of carbonyl (C=O) groups excluding carboxylic acids is 1. The highest BCUT2D eigenvalue weighted by molar-refractivity contribution is 5.90. The van der Waals surface area contributed by atoms with Crippen molar-refractivity contribution < 1.29 is 14.3 Å². The van der Waals surface area contributed by atoms with Gasteiger partial charge < -0.3 is 14.8 Å². The van der Waals surface area contributed by atoms with Crippen LogP contribution in [0.15, 0.2) is 24.3 Å². The molecule has 0 saturated carbocycles. The van der Waals surface area contributed by atoms with E-state index in [9.17, 15) is 4.79 Å². The number of benzene rings is 1. The number of rotatable bonds is 5. The second-order valence-electron chi connectivity index (χ2n) is 4.45. The summed E-state index contributed by atoms with van der Waals surface area (Å²) < 4.78 is 10.5. The molecule has 0 bridgehead atoms. The summed E-state index contributed by atoms with van der Waals surface area (Å²) >= 11 is 0. The fourth-order valence-corrected chi connectivity index (χ4v) is 2.06. The van der Waals surface area contributed by atoms with E-state index in [4.69, 9.17) is 9.47 Å². The van der Waals surface area contributed by atoms with E-state index < -0.39 is 0 Å². The van der Waals surface area contributed by atoms with E-state index in [0.717, 1.165) is 37.3 Å². The van der Waals surface area contributed by atoms with Crippen molar-refractivity contribution in [3.63, 3.8) is 0 Å². The average molecular weight is 249 g/mol. The standard InChI is InChI=1S/C14H19NO3/c1-17-12-6-4-11(5-7-12)15-14(16)9-8-13-3-2-10-18-13/h4-7,13H,2-3,8-10H2,1H3,(H,15,16)/t13-/m1/s1. The van der Waals surface area contributed by atoms with Crippen molar-refractivity contribution >= 4 is 11.6 Å². The predicted octanol–water partition coefficient (Wildman–Crippen LogP) is 2.59. The first-order valence-electron chi connectivity index (χ1n) is 6.33. The Bertz CT molecular complexity index is 383. The summed E-state index contributed by atoms with van der Waals surface area (Å²) in [6.45, 7) is 0.838. The summed E-state index contributed by atoms with van der Waals surface area (Å²) in [6, 6.07) is 7.33. The highest BCUT2D eigenvalue weighted by atomic mass is 16.5. The molecule has 1 aliphatic heterocycles. The Hall–Kier alpha value is -1.55. The molecule has 0 spiro atoms. The Balaban J connectivity index is 1.75. The molecule has 0 unspecified atom stereocenters. The minimum absolute atomic E-state index is 0.0377. The van der Waals surface area contributed by atoms with Crippen molar-refractivity contribution in [3.8, 4) is 5.75 Å². The summed E-state index contributed by atoms with van der Waals surface area (Å²) in [4.78, 5) is 11.7. The molecule has 1 atom stereocenters. The number of methoxy groups -OCH3 is 1. The molecule has 1 fully saturated rings. The van der Waals surface area contributed by atoms with Crippen LogP contribution in [0.5, 0.6) is 5.75 Å². The average Bonchev–Trinajstić information content (AvgIpc) is 2.90. The zero-order valence-corrected chi connectivity index (χ0v) is 10.6. The van der Waals surface area contributed by atoms with E-state index in [-0.39, 0.29) is 12.0 Å². The number of amides is 1. The lowest BCUT2D eigenvalue weighted by atomic mass is 10.1. The van der Waals surface area contributed by atoms with Crippen LogP contribution in [-0.2, 0) is 9.53 Å². The summed E-state index contributed by atoms with van der Waals surface area (Å²) in [6.07, 6.45) is 3.78. The Morgan fingerprint density at radius 2 is 2.22 bits per heavy atom. The molecule has 1 amide bonds. The van der Waals surface area contributed by atoms with Gasteiger partial charge in [-0.1, -0.05) is 0 Å². The van der Waals surface area contributed by atoms with Gasteiger partial charge in [0, 0.05) is 18.7 Å². The molecule has 4 heteroatoms. The molecular formula is C14H19NO3. The zero-order chi connectivity index (χ0) is 12.8. The summed E-state index contributed by atoms with van der Waals surface area (Å²) in [5, 5.41) is 2.87. The molecule has 1 aromatic carbocycles. The van der Waals surface area contributed by atoms with Crippen LogP contribution in [0.25, 0.3) is 0 Å². The molecule has 1 heterocycles. The van der Waals surface area contributed by atoms with Gasteiger partial charge in [0.05, 0.1) is 13.2 Å². The normalized spacial score (nSPS) is 18.6. The molecule has 1 N–H and O–H groups in total. The third-order valence-corrected chi connectivity index (χ3v) is 3.09. The van der Waals surface area contributed by atoms with Crippen LogP contribution in [0.3, 0.4) is 0 Å². The van der Waals surface area contributed by atoms with E-state index >= 15 is 0 Å². The van der Waals surface area contributed by atoms with Gasteiger partial charge in [-0.05, 0) is 43.5 Å². The van der Waals surface area contributed by atoms with Crippen LogP contribution >= 0.6 is 0 Å². The van der Waals surface area contributed by atoms with Gasteiger partial charge in [-0.2, -0.15) is 0 Å². The zero-order valence-electron chi connectivity index (χ0n) is 10.6. The number of carbonyl (C=O) groups is 1. The van der Waals surface area contributed by atoms with Gasteiger partial charge >= 0.3 is 0 Å². The van der Waals surface area contributed by atoms with Crippen molar-refractivity contribution in [3.05, 3.63) is 24.3 Å². The maximum atomic E-state index is 11.7. The second kappa shape index (κ2) is 6.40. The van der Waals surface area contributed by atoms with Gasteiger partial charge in [0.1, 0.15) is 5.75 Å². The van der Waals surface area contributed by atoms with Gasteiger partial charge in [-0.15, -0.1) is 0 Å². The van der Waals surface area contributed by atoms with Crippen LogP contribution in [0.1, 0.15) is 25.7 Å². The smallest absolute Gasteiger partial charge is 0.224 e. The van der Waals surface area contributed by atoms with Crippen molar-refractivity contribution in [1.82, 2.24) is 0 Å². The van der Waals surface area contributed by atoms with Gasteiger partial charge in [0.25, 0.3) is 0 Å². The monoisotopic (exact) mass is 249 g/mol. The topological polar surface area (TPSA) is 47.6 Å². The SMILES string of the molecule is COc1ccc(NC(=O)CC[C@H]2CCCO2)cc1. The fourth-order valence-electron chi connectivity index (χ4n) is 2.06. The van der Waals surface area contributed by atoms with Crippen LogP contribution in [0.2, 0.25) is 0 Å². The van der Waals surface area contributed by atoms with E-state index in [1.165, 1.54) is 0 Å². The predicted molar refractivity (Wildman–Crippen MR) is 69.8 cm³/mol. The summed E-state index contributed by atoms with van der Waals surface area (Å²) in [5.74, 6) is 0.822. The van der Waals surface area contributed by atoms with Gasteiger partial charge in [0.2, 0.25) is 5.91 Å². The highest BCUT2D eigenvalue weighted by Gasteiger charge is 2.16. The number of hydrogen-bond donors (Lipinski definition) is 1. The number of nitrogens with one attached hydrogen (secondary N) is 1. The second-order valence-corrected chi connectivity index (χ2v) is 4.45. The van der Waals surface area contributed by atoms with Gasteiger partial charge in [0.15, 0.2) is 0 Å². The fraction of sp³-hybridized carbons (Fsp3) is 0.500. The number of anilines is 1. The maximum Gasteiger partial charge on any atom is 0.224 e. The quantitative estimate of drug-likeness (QED) is 0.872. The van der Waals surface area contributed by atoms with Crippen molar-refractivity contribution in [2.24, 2.45) is 0 Å². The minimum atomic E-state index is 0.0377. The molecule has 2 rings (SSSR count). The first-order valence-corrected chi connectivity index (χ1v) is 6.33. The first kappa shape index (κ1) is 12.9. The number of ether oxygens (including phenoxy) is 2. The molecule has 1 aliphatic rings. The van der Waals surface area contributed by atoms with Crippen molar-refractivity contribution in [2.45, 2.75) is 31.8 Å². The van der Waals surface area contributed by atoms with E-state index in [1.807, 2.05) is 24.3 Å². The van der Waals surface area contributed by atoms with E-state index in [0.29, 0.717) is 6.42 Å². The third-order valence-electron chi connectivity index (χ3n) is 3.09. The number of hydrogen-bond acceptors (Lipinski definition) is 3. The van der Waals surface area contributed by atoms with Crippen LogP contribution in [-0.4, -0.2) is 25.7 Å². The van der Waals surface area contributed by atoms with Crippen LogP contribution in [0, 0.1) is 0 Å². The third kappa shape index (κ3) is 3.74. The molecule has 18 heavy (non-hydrogen) atoms. The Labute approximate surface area is 107 Å². The van der Waals surface area contributed by atoms with E-state index in [1.54, 1.807) is 7.11 Å². The first-order chi connectivity index (χ1) is 8.78. The lowest BCUT2D eigenvalue weighted by molar-refractivity contribution is -0.116. The Morgan fingerprint density at radius 1 is 1.44 bits per heavy atom. The maximum absolute atomic E-state index is 11.7. The van der Waals surface area contributed by atoms with Crippen molar-refractivity contribution in [1.29, 1.82) is 0 Å². The molecule has 0 aromatic heterocycles. The van der Waals surface area contributed by atoms with Crippen molar-refractivity contribution in [2.75, 3.05) is 19.0 Å². The molecule has 1 aromatic rings. The minimum Gasteiger partial charge on any atom is -0.497 e. The molecule has 1 saturated heterocycles. The Morgan fingerprint density at radius 3 is 2.83 bits per heavy atom. The van der Waals surface area contributed by atoms with Gasteiger partial charge in [-0.3, -0.25) is 4.79 Å². The highest BCUT2D eigenvalue weighted by Crippen LogP contribution is 2.18. The molecule has 98 valence electrons. The van der Waals surface area contributed by atoms with Gasteiger partial charge in [-0.25, -0.2) is 0 Å². The lowest BCUT2D eigenvalue weighted by Gasteiger charge is -2.09. The van der Waals surface area contributed by atoms with E-state index in [2.05, 4.69) is 5.32 Å². The Kier molecular flexibility index (Phi) is 4.59. The largest absolute Gasteiger partial charge is 0.497 e. The van der Waals surface area contributed by atoms with Crippen LogP contribution in [0.4, 0.5) is 5.69 Å². The molecule has 0 aliphatic carbocycles. The van der Waals surface area contributed by atoms with Crippen LogP contribution < -0.4 is 10.1 Å². The molecule has 4 nitrogen and oxygen atoms in total. The summed E-state index contributed by atoms with van der Waals surface area (Å²) in [5.41, 5.74) is 0.799.